The maximum absolute atomic E-state index is 12.5. The highest BCUT2D eigenvalue weighted by molar-refractivity contribution is 8.16. The van der Waals surface area contributed by atoms with Crippen molar-refractivity contribution in [2.24, 2.45) is 9.98 Å². The van der Waals surface area contributed by atoms with Crippen LogP contribution in [0.1, 0.15) is 18.4 Å². The zero-order chi connectivity index (χ0) is 21.0. The molecule has 7 heteroatoms. The fourth-order valence-corrected chi connectivity index (χ4v) is 4.49. The van der Waals surface area contributed by atoms with Crippen LogP contribution in [0.4, 0.5) is 5.69 Å². The first-order valence-electron chi connectivity index (χ1n) is 10.1. The van der Waals surface area contributed by atoms with Crippen molar-refractivity contribution in [1.29, 1.82) is 0 Å². The van der Waals surface area contributed by atoms with Gasteiger partial charge in [-0.25, -0.2) is 4.99 Å². The van der Waals surface area contributed by atoms with E-state index in [-0.39, 0.29) is 5.91 Å². The van der Waals surface area contributed by atoms with E-state index < -0.39 is 5.66 Å². The van der Waals surface area contributed by atoms with Gasteiger partial charge in [0.1, 0.15) is 10.8 Å². The van der Waals surface area contributed by atoms with E-state index in [4.69, 9.17) is 14.7 Å². The minimum absolute atomic E-state index is 0.0488. The molecule has 1 fully saturated rings. The largest absolute Gasteiger partial charge is 0.497 e. The third kappa shape index (κ3) is 4.74. The van der Waals surface area contributed by atoms with Gasteiger partial charge in [0, 0.05) is 37.2 Å². The van der Waals surface area contributed by atoms with Crippen molar-refractivity contribution in [3.63, 3.8) is 0 Å². The van der Waals surface area contributed by atoms with Crippen LogP contribution in [0.15, 0.2) is 64.6 Å². The number of nitrogens with zero attached hydrogens (tertiary/aromatic N) is 3. The second-order valence-corrected chi connectivity index (χ2v) is 8.56. The van der Waals surface area contributed by atoms with E-state index in [0.717, 1.165) is 53.7 Å². The second kappa shape index (κ2) is 9.02. The lowest BCUT2D eigenvalue weighted by Gasteiger charge is -2.33. The number of carbonyl (C=O) groups is 1. The Labute approximate surface area is 181 Å². The number of para-hydroxylation sites is 1. The molecule has 156 valence electrons. The highest BCUT2D eigenvalue weighted by Crippen LogP contribution is 2.35. The number of aliphatic imine (C=N–C) groups is 2. The Morgan fingerprint density at radius 1 is 1.10 bits per heavy atom. The van der Waals surface area contributed by atoms with Gasteiger partial charge in [-0.1, -0.05) is 30.0 Å². The summed E-state index contributed by atoms with van der Waals surface area (Å²) in [5.41, 5.74) is 2.27. The molecule has 2 aliphatic rings. The summed E-state index contributed by atoms with van der Waals surface area (Å²) in [6.45, 7) is 1.94. The maximum atomic E-state index is 12.5. The van der Waals surface area contributed by atoms with E-state index in [0.29, 0.717) is 5.75 Å². The molecule has 1 amide bonds. The number of rotatable bonds is 5. The fraction of sp³-hybridized carbons (Fsp3) is 0.348. The smallest absolute Gasteiger partial charge is 0.234 e. The summed E-state index contributed by atoms with van der Waals surface area (Å²) in [5.74, 6) is 1.05. The minimum Gasteiger partial charge on any atom is -0.497 e. The number of hydrogen-bond donors (Lipinski definition) is 1. The van der Waals surface area contributed by atoms with Crippen LogP contribution in [-0.4, -0.2) is 60.2 Å². The van der Waals surface area contributed by atoms with Crippen LogP contribution in [0.25, 0.3) is 0 Å². The first kappa shape index (κ1) is 20.6. The Hall–Kier alpha value is -2.64. The van der Waals surface area contributed by atoms with Gasteiger partial charge in [-0.3, -0.25) is 9.79 Å². The number of methoxy groups -OCH3 is 1. The van der Waals surface area contributed by atoms with Crippen molar-refractivity contribution in [1.82, 2.24) is 4.90 Å². The quantitative estimate of drug-likeness (QED) is 0.798. The van der Waals surface area contributed by atoms with Crippen LogP contribution in [0.3, 0.4) is 0 Å². The second-order valence-electron chi connectivity index (χ2n) is 7.59. The number of hydrogen-bond acceptors (Lipinski definition) is 6. The summed E-state index contributed by atoms with van der Waals surface area (Å²) in [6, 6.07) is 17.4. The van der Waals surface area contributed by atoms with Crippen molar-refractivity contribution < 1.29 is 9.53 Å². The molecule has 6 nitrogen and oxygen atoms in total. The van der Waals surface area contributed by atoms with Crippen molar-refractivity contribution in [3.05, 3.63) is 60.2 Å². The fourth-order valence-electron chi connectivity index (χ4n) is 3.61. The van der Waals surface area contributed by atoms with E-state index in [1.807, 2.05) is 54.6 Å². The highest BCUT2D eigenvalue weighted by Gasteiger charge is 2.39. The molecule has 0 atom stereocenters. The minimum atomic E-state index is -0.403. The first-order chi connectivity index (χ1) is 14.6. The van der Waals surface area contributed by atoms with E-state index in [1.165, 1.54) is 11.8 Å². The average molecular weight is 423 g/mol. The topological polar surface area (TPSA) is 66.3 Å². The molecule has 0 saturated carbocycles. The number of piperidine rings is 1. The predicted octanol–water partition coefficient (Wildman–Crippen LogP) is 3.69. The third-order valence-corrected chi connectivity index (χ3v) is 6.35. The van der Waals surface area contributed by atoms with Crippen LogP contribution in [0, 0.1) is 0 Å². The number of likely N-dealkylation sites (tertiary alicyclic amines) is 1. The molecule has 2 heterocycles. The molecule has 1 saturated heterocycles. The number of thioether (sulfide) groups is 1. The Morgan fingerprint density at radius 2 is 1.80 bits per heavy atom. The molecule has 0 radical (unpaired) electrons. The maximum Gasteiger partial charge on any atom is 0.234 e. The molecule has 4 rings (SSSR count). The number of amides is 1. The highest BCUT2D eigenvalue weighted by atomic mass is 32.2. The van der Waals surface area contributed by atoms with Crippen molar-refractivity contribution in [3.8, 4) is 5.75 Å². The van der Waals surface area contributed by atoms with Gasteiger partial charge in [0.2, 0.25) is 5.91 Å². The Bertz CT molecular complexity index is 949. The zero-order valence-electron chi connectivity index (χ0n) is 17.3. The average Bonchev–Trinajstić information content (AvgIpc) is 3.14. The molecule has 2 aromatic rings. The molecule has 0 bridgehead atoms. The Morgan fingerprint density at radius 3 is 2.47 bits per heavy atom. The van der Waals surface area contributed by atoms with Gasteiger partial charge in [-0.15, -0.1) is 0 Å². The Kier molecular flexibility index (Phi) is 6.20. The van der Waals surface area contributed by atoms with Crippen LogP contribution >= 0.6 is 11.8 Å². The number of carbonyl (C=O) groups excluding carboxylic acids is 1. The molecular weight excluding hydrogens is 396 g/mol. The van der Waals surface area contributed by atoms with Crippen molar-refractivity contribution in [2.45, 2.75) is 18.5 Å². The van der Waals surface area contributed by atoms with Gasteiger partial charge >= 0.3 is 0 Å². The zero-order valence-corrected chi connectivity index (χ0v) is 18.1. The van der Waals surface area contributed by atoms with Gasteiger partial charge in [0.25, 0.3) is 0 Å². The lowest BCUT2D eigenvalue weighted by molar-refractivity contribution is -0.113. The molecule has 1 N–H and O–H groups in total. The number of benzene rings is 2. The van der Waals surface area contributed by atoms with E-state index >= 15 is 0 Å². The van der Waals surface area contributed by atoms with Gasteiger partial charge in [-0.05, 0) is 43.4 Å². The molecule has 1 spiro atoms. The van der Waals surface area contributed by atoms with Gasteiger partial charge in [0.05, 0.1) is 18.6 Å². The van der Waals surface area contributed by atoms with Crippen molar-refractivity contribution >= 4 is 34.1 Å². The van der Waals surface area contributed by atoms with Crippen LogP contribution in [0.2, 0.25) is 0 Å². The van der Waals surface area contributed by atoms with Gasteiger partial charge < -0.3 is 15.0 Å². The summed E-state index contributed by atoms with van der Waals surface area (Å²) >= 11 is 1.46. The standard InChI is InChI=1S/C23H26N4O2S/c1-27-14-12-23(13-15-27)25-21(17-8-10-19(29-2)11-9-17)22(26-23)30-16-20(28)24-18-6-4-3-5-7-18/h3-11H,12-16H2,1-2H3,(H,24,28). The van der Waals surface area contributed by atoms with Gasteiger partial charge in [0.15, 0.2) is 5.66 Å². The summed E-state index contributed by atoms with van der Waals surface area (Å²) in [5, 5.41) is 3.78. The first-order valence-corrected chi connectivity index (χ1v) is 11.1. The van der Waals surface area contributed by atoms with E-state index in [1.54, 1.807) is 7.11 Å². The lowest BCUT2D eigenvalue weighted by atomic mass is 9.99. The summed E-state index contributed by atoms with van der Waals surface area (Å²) in [6.07, 6.45) is 1.78. The van der Waals surface area contributed by atoms with Crippen LogP contribution < -0.4 is 10.1 Å². The molecule has 2 aliphatic heterocycles. The van der Waals surface area contributed by atoms with Gasteiger partial charge in [-0.2, -0.15) is 0 Å². The summed E-state index contributed by atoms with van der Waals surface area (Å²) in [7, 11) is 3.78. The number of ether oxygens (including phenoxy) is 1. The molecule has 0 aromatic heterocycles. The summed E-state index contributed by atoms with van der Waals surface area (Å²) < 4.78 is 5.28. The van der Waals surface area contributed by atoms with E-state index in [2.05, 4.69) is 17.3 Å². The molecule has 30 heavy (non-hydrogen) atoms. The Balaban J connectivity index is 1.52. The molecular formula is C23H26N4O2S. The summed E-state index contributed by atoms with van der Waals surface area (Å²) in [4.78, 5) is 24.9. The SMILES string of the molecule is COc1ccc(C2=NC3(CCN(C)CC3)N=C2SCC(=O)Nc2ccccc2)cc1. The normalized spacial score (nSPS) is 18.1. The monoisotopic (exact) mass is 422 g/mol. The van der Waals surface area contributed by atoms with Crippen LogP contribution in [-0.2, 0) is 4.79 Å². The predicted molar refractivity (Wildman–Crippen MR) is 124 cm³/mol. The third-order valence-electron chi connectivity index (χ3n) is 5.38. The number of anilines is 1. The lowest BCUT2D eigenvalue weighted by Crippen LogP contribution is -2.39. The molecule has 2 aromatic carbocycles. The molecule has 0 unspecified atom stereocenters. The van der Waals surface area contributed by atoms with Crippen molar-refractivity contribution in [2.75, 3.05) is 38.3 Å². The molecule has 0 aliphatic carbocycles. The van der Waals surface area contributed by atoms with Crippen LogP contribution in [0.5, 0.6) is 5.75 Å². The van der Waals surface area contributed by atoms with E-state index in [9.17, 15) is 4.79 Å². The number of nitrogens with one attached hydrogen (secondary N) is 1.